The van der Waals surface area contributed by atoms with Crippen LogP contribution in [0.15, 0.2) is 0 Å². The van der Waals surface area contributed by atoms with Crippen molar-refractivity contribution in [2.45, 2.75) is 63.6 Å². The second kappa shape index (κ2) is 7.20. The highest BCUT2D eigenvalue weighted by atomic mass is 16.5. The summed E-state index contributed by atoms with van der Waals surface area (Å²) in [6.45, 7) is 2.49. The van der Waals surface area contributed by atoms with Crippen molar-refractivity contribution < 1.29 is 9.84 Å². The van der Waals surface area contributed by atoms with Gasteiger partial charge in [-0.3, -0.25) is 0 Å². The zero-order valence-corrected chi connectivity index (χ0v) is 10.0. The average molecular weight is 215 g/mol. The number of ether oxygens (including phenoxy) is 1. The summed E-state index contributed by atoms with van der Waals surface area (Å²) in [5, 5.41) is 12.4. The van der Waals surface area contributed by atoms with Crippen molar-refractivity contribution in [3.05, 3.63) is 0 Å². The molecule has 3 heteroatoms. The van der Waals surface area contributed by atoms with Crippen LogP contribution in [0.25, 0.3) is 0 Å². The summed E-state index contributed by atoms with van der Waals surface area (Å²) < 4.78 is 5.50. The Morgan fingerprint density at radius 1 is 1.40 bits per heavy atom. The zero-order chi connectivity index (χ0) is 11.1. The fraction of sp³-hybridized carbons (Fsp3) is 1.00. The van der Waals surface area contributed by atoms with E-state index in [1.54, 1.807) is 0 Å². The Bertz CT molecular complexity index is 164. The molecule has 3 unspecified atom stereocenters. The highest BCUT2D eigenvalue weighted by Crippen LogP contribution is 2.21. The summed E-state index contributed by atoms with van der Waals surface area (Å²) in [6, 6.07) is 0.996. The number of aliphatic hydroxyl groups excluding tert-OH is 1. The van der Waals surface area contributed by atoms with Crippen molar-refractivity contribution in [2.24, 2.45) is 0 Å². The van der Waals surface area contributed by atoms with Gasteiger partial charge in [0.2, 0.25) is 0 Å². The molecule has 0 aromatic carbocycles. The second-order valence-electron chi connectivity index (χ2n) is 4.60. The van der Waals surface area contributed by atoms with E-state index in [1.165, 1.54) is 25.7 Å². The van der Waals surface area contributed by atoms with Crippen LogP contribution in [0.3, 0.4) is 0 Å². The summed E-state index contributed by atoms with van der Waals surface area (Å²) in [5.74, 6) is 0. The van der Waals surface area contributed by atoms with E-state index in [4.69, 9.17) is 9.84 Å². The van der Waals surface area contributed by atoms with Gasteiger partial charge in [0.1, 0.15) is 0 Å². The van der Waals surface area contributed by atoms with Gasteiger partial charge in [0.15, 0.2) is 0 Å². The predicted octanol–water partition coefficient (Wildman–Crippen LogP) is 1.69. The van der Waals surface area contributed by atoms with Gasteiger partial charge in [-0.25, -0.2) is 0 Å². The quantitative estimate of drug-likeness (QED) is 0.708. The highest BCUT2D eigenvalue weighted by molar-refractivity contribution is 4.83. The molecule has 1 fully saturated rings. The van der Waals surface area contributed by atoms with Crippen molar-refractivity contribution >= 4 is 0 Å². The van der Waals surface area contributed by atoms with E-state index in [9.17, 15) is 0 Å². The number of aliphatic hydroxyl groups is 1. The van der Waals surface area contributed by atoms with Gasteiger partial charge in [0, 0.05) is 25.8 Å². The first-order valence-corrected chi connectivity index (χ1v) is 6.17. The van der Waals surface area contributed by atoms with Gasteiger partial charge < -0.3 is 15.2 Å². The van der Waals surface area contributed by atoms with Gasteiger partial charge in [0.05, 0.1) is 6.10 Å². The van der Waals surface area contributed by atoms with Crippen LogP contribution in [0.1, 0.15) is 45.4 Å². The minimum absolute atomic E-state index is 0.296. The molecule has 1 aliphatic rings. The Kier molecular flexibility index (Phi) is 6.22. The molecule has 1 aliphatic carbocycles. The maximum absolute atomic E-state index is 8.77. The Morgan fingerprint density at radius 3 is 2.80 bits per heavy atom. The molecule has 0 aliphatic heterocycles. The number of hydrogen-bond acceptors (Lipinski definition) is 3. The second-order valence-corrected chi connectivity index (χ2v) is 4.60. The summed E-state index contributed by atoms with van der Waals surface area (Å²) in [4.78, 5) is 0. The van der Waals surface area contributed by atoms with E-state index in [0.717, 1.165) is 12.8 Å². The van der Waals surface area contributed by atoms with Crippen molar-refractivity contribution in [3.63, 3.8) is 0 Å². The van der Waals surface area contributed by atoms with Gasteiger partial charge >= 0.3 is 0 Å². The van der Waals surface area contributed by atoms with Crippen LogP contribution < -0.4 is 5.32 Å². The summed E-state index contributed by atoms with van der Waals surface area (Å²) in [5.41, 5.74) is 0. The van der Waals surface area contributed by atoms with E-state index >= 15 is 0 Å². The minimum atomic E-state index is 0.296. The van der Waals surface area contributed by atoms with E-state index < -0.39 is 0 Å². The minimum Gasteiger partial charge on any atom is -0.396 e. The van der Waals surface area contributed by atoms with Gasteiger partial charge in [-0.15, -0.1) is 0 Å². The lowest BCUT2D eigenvalue weighted by Crippen LogP contribution is -2.46. The van der Waals surface area contributed by atoms with Crippen LogP contribution in [0.2, 0.25) is 0 Å². The van der Waals surface area contributed by atoms with Crippen molar-refractivity contribution in [2.75, 3.05) is 13.7 Å². The third-order valence-electron chi connectivity index (χ3n) is 3.30. The van der Waals surface area contributed by atoms with Gasteiger partial charge in [-0.05, 0) is 32.6 Å². The SMILES string of the molecule is COC1CCCCC1NC(C)CCCO. The third-order valence-corrected chi connectivity index (χ3v) is 3.30. The number of rotatable bonds is 6. The maximum Gasteiger partial charge on any atom is 0.0724 e. The lowest BCUT2D eigenvalue weighted by Gasteiger charge is -2.33. The average Bonchev–Trinajstić information content (AvgIpc) is 2.27. The molecule has 0 aromatic heterocycles. The molecule has 2 N–H and O–H groups in total. The monoisotopic (exact) mass is 215 g/mol. The topological polar surface area (TPSA) is 41.5 Å². The third kappa shape index (κ3) is 4.49. The Morgan fingerprint density at radius 2 is 2.13 bits per heavy atom. The van der Waals surface area contributed by atoms with Crippen LogP contribution in [-0.2, 0) is 4.74 Å². The number of nitrogens with one attached hydrogen (secondary N) is 1. The maximum atomic E-state index is 8.77. The normalized spacial score (nSPS) is 29.0. The van der Waals surface area contributed by atoms with Gasteiger partial charge in [-0.2, -0.15) is 0 Å². The van der Waals surface area contributed by atoms with Crippen molar-refractivity contribution in [3.8, 4) is 0 Å². The molecule has 90 valence electrons. The molecule has 0 heterocycles. The Hall–Kier alpha value is -0.120. The lowest BCUT2D eigenvalue weighted by molar-refractivity contribution is 0.0378. The summed E-state index contributed by atoms with van der Waals surface area (Å²) in [7, 11) is 1.81. The van der Waals surface area contributed by atoms with Crippen LogP contribution in [0.5, 0.6) is 0 Å². The number of methoxy groups -OCH3 is 1. The molecule has 3 nitrogen and oxygen atoms in total. The van der Waals surface area contributed by atoms with E-state index in [0.29, 0.717) is 24.8 Å². The van der Waals surface area contributed by atoms with Crippen LogP contribution in [-0.4, -0.2) is 37.0 Å². The molecule has 15 heavy (non-hydrogen) atoms. The molecular weight excluding hydrogens is 190 g/mol. The zero-order valence-electron chi connectivity index (χ0n) is 10.0. The molecule has 0 bridgehead atoms. The summed E-state index contributed by atoms with van der Waals surface area (Å²) >= 11 is 0. The Labute approximate surface area is 93.2 Å². The molecule has 0 saturated heterocycles. The van der Waals surface area contributed by atoms with E-state index in [2.05, 4.69) is 12.2 Å². The molecule has 0 aromatic rings. The molecule has 0 amide bonds. The smallest absolute Gasteiger partial charge is 0.0724 e. The van der Waals surface area contributed by atoms with E-state index in [-0.39, 0.29) is 0 Å². The first-order chi connectivity index (χ1) is 7.27. The van der Waals surface area contributed by atoms with Crippen molar-refractivity contribution in [1.82, 2.24) is 5.32 Å². The van der Waals surface area contributed by atoms with Gasteiger partial charge in [0.25, 0.3) is 0 Å². The molecule has 1 saturated carbocycles. The first-order valence-electron chi connectivity index (χ1n) is 6.17. The highest BCUT2D eigenvalue weighted by Gasteiger charge is 2.25. The van der Waals surface area contributed by atoms with E-state index in [1.807, 2.05) is 7.11 Å². The largest absolute Gasteiger partial charge is 0.396 e. The lowest BCUT2D eigenvalue weighted by atomic mass is 9.91. The van der Waals surface area contributed by atoms with Crippen molar-refractivity contribution in [1.29, 1.82) is 0 Å². The van der Waals surface area contributed by atoms with Crippen LogP contribution in [0.4, 0.5) is 0 Å². The number of hydrogen-bond donors (Lipinski definition) is 2. The first kappa shape index (κ1) is 12.9. The molecular formula is C12H25NO2. The van der Waals surface area contributed by atoms with Crippen LogP contribution in [0, 0.1) is 0 Å². The fourth-order valence-electron chi connectivity index (χ4n) is 2.42. The molecule has 3 atom stereocenters. The fourth-order valence-corrected chi connectivity index (χ4v) is 2.42. The summed E-state index contributed by atoms with van der Waals surface area (Å²) in [6.07, 6.45) is 7.33. The van der Waals surface area contributed by atoms with Gasteiger partial charge in [-0.1, -0.05) is 12.8 Å². The molecule has 0 radical (unpaired) electrons. The predicted molar refractivity (Wildman–Crippen MR) is 62.0 cm³/mol. The van der Waals surface area contributed by atoms with Crippen LogP contribution >= 0.6 is 0 Å². The standard InChI is InChI=1S/C12H25NO2/c1-10(6-5-9-14)13-11-7-3-4-8-12(11)15-2/h10-14H,3-9H2,1-2H3. The molecule has 0 spiro atoms. The Balaban J connectivity index is 2.27. The molecule has 1 rings (SSSR count).